The molecule has 0 amide bonds. The van der Waals surface area contributed by atoms with Crippen molar-refractivity contribution >= 4 is 17.6 Å². The first-order chi connectivity index (χ1) is 17.5. The zero-order valence-electron chi connectivity index (χ0n) is 20.6. The predicted octanol–water partition coefficient (Wildman–Crippen LogP) is 5.18. The van der Waals surface area contributed by atoms with Crippen LogP contribution in [0.1, 0.15) is 37.7 Å². The fourth-order valence-electron chi connectivity index (χ4n) is 5.37. The maximum atomic E-state index is 11.0. The van der Waals surface area contributed by atoms with Crippen LogP contribution in [0.3, 0.4) is 0 Å². The summed E-state index contributed by atoms with van der Waals surface area (Å²) in [5, 5.41) is 20.6. The Balaban J connectivity index is 1.38. The first kappa shape index (κ1) is 26.8. The summed E-state index contributed by atoms with van der Waals surface area (Å²) in [6, 6.07) is 16.3. The molecular formula is C29H36ClNO5. The van der Waals surface area contributed by atoms with Gasteiger partial charge < -0.3 is 19.7 Å². The highest BCUT2D eigenvalue weighted by Crippen LogP contribution is 2.37. The molecule has 0 spiro atoms. The first-order valence-corrected chi connectivity index (χ1v) is 13.2. The van der Waals surface area contributed by atoms with Gasteiger partial charge in [0, 0.05) is 42.9 Å². The number of morpholine rings is 1. The molecule has 194 valence electrons. The lowest BCUT2D eigenvalue weighted by Crippen LogP contribution is -2.50. The predicted molar refractivity (Wildman–Crippen MR) is 141 cm³/mol. The summed E-state index contributed by atoms with van der Waals surface area (Å²) in [5.74, 6) is -0.573. The van der Waals surface area contributed by atoms with Crippen LogP contribution in [0, 0.1) is 5.92 Å². The quantitative estimate of drug-likeness (QED) is 0.403. The molecule has 1 saturated heterocycles. The number of carboxylic acids is 1. The second kappa shape index (κ2) is 13.4. The average molecular weight is 514 g/mol. The van der Waals surface area contributed by atoms with Crippen LogP contribution in [0.2, 0.25) is 5.02 Å². The highest BCUT2D eigenvalue weighted by atomic mass is 35.5. The lowest BCUT2D eigenvalue weighted by molar-refractivity contribution is -0.136. The van der Waals surface area contributed by atoms with E-state index in [1.54, 1.807) is 0 Å². The van der Waals surface area contributed by atoms with Crippen LogP contribution in [-0.2, 0) is 20.9 Å². The number of hydrogen-bond acceptors (Lipinski definition) is 5. The van der Waals surface area contributed by atoms with E-state index in [9.17, 15) is 9.90 Å². The van der Waals surface area contributed by atoms with Gasteiger partial charge in [-0.05, 0) is 48.1 Å². The minimum atomic E-state index is -0.777. The SMILES string of the molecule is O=C(O)CC/C=C\CC[C@@H]1[C@@H](N2CCOCC2)[C@H](O)C[C@@H]1OCc1ccc(-c2ccc(Cl)cc2)cc1. The van der Waals surface area contributed by atoms with Crippen LogP contribution in [-0.4, -0.2) is 65.6 Å². The molecule has 6 nitrogen and oxygen atoms in total. The molecular weight excluding hydrogens is 478 g/mol. The van der Waals surface area contributed by atoms with Crippen molar-refractivity contribution in [2.24, 2.45) is 5.92 Å². The van der Waals surface area contributed by atoms with Crippen molar-refractivity contribution in [1.29, 1.82) is 0 Å². The molecule has 2 aliphatic rings. The van der Waals surface area contributed by atoms with Gasteiger partial charge in [-0.1, -0.05) is 60.2 Å². The number of halogens is 1. The molecule has 0 unspecified atom stereocenters. The number of hydrogen-bond donors (Lipinski definition) is 2. The van der Waals surface area contributed by atoms with Crippen molar-refractivity contribution < 1.29 is 24.5 Å². The molecule has 1 heterocycles. The number of allylic oxidation sites excluding steroid dienone is 2. The van der Waals surface area contributed by atoms with Gasteiger partial charge >= 0.3 is 5.97 Å². The van der Waals surface area contributed by atoms with Gasteiger partial charge in [-0.25, -0.2) is 0 Å². The van der Waals surface area contributed by atoms with E-state index in [2.05, 4.69) is 35.2 Å². The van der Waals surface area contributed by atoms with Crippen molar-refractivity contribution in [2.75, 3.05) is 26.3 Å². The molecule has 1 aliphatic carbocycles. The molecule has 0 aromatic heterocycles. The summed E-state index contributed by atoms with van der Waals surface area (Å²) in [5.41, 5.74) is 3.35. The molecule has 1 aliphatic heterocycles. The van der Waals surface area contributed by atoms with Crippen molar-refractivity contribution in [3.63, 3.8) is 0 Å². The number of aliphatic carboxylic acids is 1. The molecule has 4 rings (SSSR count). The summed E-state index contributed by atoms with van der Waals surface area (Å²) in [6.45, 7) is 3.53. The molecule has 0 radical (unpaired) electrons. The van der Waals surface area contributed by atoms with Gasteiger partial charge in [0.1, 0.15) is 0 Å². The van der Waals surface area contributed by atoms with Gasteiger partial charge in [0.25, 0.3) is 0 Å². The fourth-order valence-corrected chi connectivity index (χ4v) is 5.49. The van der Waals surface area contributed by atoms with Crippen molar-refractivity contribution in [3.05, 3.63) is 71.3 Å². The Bertz CT molecular complexity index is 988. The lowest BCUT2D eigenvalue weighted by atomic mass is 9.93. The highest BCUT2D eigenvalue weighted by Gasteiger charge is 2.45. The number of carboxylic acid groups (broad SMARTS) is 1. The Kier molecular flexibility index (Phi) is 9.96. The van der Waals surface area contributed by atoms with E-state index in [1.807, 2.05) is 30.3 Å². The van der Waals surface area contributed by atoms with Crippen molar-refractivity contribution in [3.8, 4) is 11.1 Å². The van der Waals surface area contributed by atoms with Crippen molar-refractivity contribution in [2.45, 2.75) is 57.0 Å². The van der Waals surface area contributed by atoms with Crippen LogP contribution < -0.4 is 0 Å². The van der Waals surface area contributed by atoms with E-state index in [4.69, 9.17) is 26.2 Å². The lowest BCUT2D eigenvalue weighted by Gasteiger charge is -2.38. The van der Waals surface area contributed by atoms with Crippen LogP contribution in [0.4, 0.5) is 0 Å². The number of nitrogens with zero attached hydrogens (tertiary/aromatic N) is 1. The van der Waals surface area contributed by atoms with Gasteiger partial charge in [-0.3, -0.25) is 9.69 Å². The molecule has 36 heavy (non-hydrogen) atoms. The average Bonchev–Trinajstić information content (AvgIpc) is 3.20. The highest BCUT2D eigenvalue weighted by molar-refractivity contribution is 6.30. The minimum absolute atomic E-state index is 0.0313. The zero-order chi connectivity index (χ0) is 25.3. The third-order valence-corrected chi connectivity index (χ3v) is 7.46. The smallest absolute Gasteiger partial charge is 0.303 e. The molecule has 2 fully saturated rings. The van der Waals surface area contributed by atoms with E-state index in [0.717, 1.165) is 47.6 Å². The van der Waals surface area contributed by atoms with E-state index < -0.39 is 12.1 Å². The fraction of sp³-hybridized carbons (Fsp3) is 0.483. The Morgan fingerprint density at radius 1 is 1.03 bits per heavy atom. The van der Waals surface area contributed by atoms with E-state index in [0.29, 0.717) is 32.7 Å². The summed E-state index contributed by atoms with van der Waals surface area (Å²) in [6.07, 6.45) is 6.60. The Labute approximate surface area is 218 Å². The van der Waals surface area contributed by atoms with Gasteiger partial charge in [0.2, 0.25) is 0 Å². The number of ether oxygens (including phenoxy) is 2. The maximum Gasteiger partial charge on any atom is 0.303 e. The van der Waals surface area contributed by atoms with Crippen LogP contribution in [0.5, 0.6) is 0 Å². The van der Waals surface area contributed by atoms with Crippen LogP contribution >= 0.6 is 11.6 Å². The monoisotopic (exact) mass is 513 g/mol. The normalized spacial score (nSPS) is 24.9. The molecule has 2 aromatic carbocycles. The molecule has 4 atom stereocenters. The summed E-state index contributed by atoms with van der Waals surface area (Å²) < 4.78 is 12.0. The number of rotatable bonds is 11. The Morgan fingerprint density at radius 3 is 2.33 bits per heavy atom. The molecule has 2 N–H and O–H groups in total. The minimum Gasteiger partial charge on any atom is -0.481 e. The van der Waals surface area contributed by atoms with E-state index in [-0.39, 0.29) is 24.5 Å². The Hall–Kier alpha value is -2.22. The molecule has 2 aromatic rings. The van der Waals surface area contributed by atoms with Crippen molar-refractivity contribution in [1.82, 2.24) is 4.90 Å². The topological polar surface area (TPSA) is 79.2 Å². The number of aliphatic hydroxyl groups is 1. The number of benzene rings is 2. The second-order valence-corrected chi connectivity index (χ2v) is 10.1. The summed E-state index contributed by atoms with van der Waals surface area (Å²) in [4.78, 5) is 13.1. The van der Waals surface area contributed by atoms with Gasteiger partial charge in [0.05, 0.1) is 32.0 Å². The number of aliphatic hydroxyl groups excluding tert-OH is 1. The molecule has 0 bridgehead atoms. The summed E-state index contributed by atoms with van der Waals surface area (Å²) >= 11 is 6.01. The maximum absolute atomic E-state index is 11.0. The van der Waals surface area contributed by atoms with Crippen LogP contribution in [0.25, 0.3) is 11.1 Å². The molecule has 7 heteroatoms. The zero-order valence-corrected chi connectivity index (χ0v) is 21.4. The van der Waals surface area contributed by atoms with Gasteiger partial charge in [0.15, 0.2) is 0 Å². The molecule has 1 saturated carbocycles. The summed E-state index contributed by atoms with van der Waals surface area (Å²) in [7, 11) is 0. The third kappa shape index (κ3) is 7.40. The standard InChI is InChI=1S/C29H36ClNO5/c30-24-13-11-23(12-14-24)22-9-7-21(8-10-22)20-36-27-19-26(32)29(31-15-17-35-18-16-31)25(27)5-3-1-2-4-6-28(33)34/h1-2,7-14,25-27,29,32H,3-6,15-20H2,(H,33,34)/b2-1-/t25-,26+,27-,29+/m0/s1. The third-order valence-electron chi connectivity index (χ3n) is 7.21. The van der Waals surface area contributed by atoms with E-state index >= 15 is 0 Å². The Morgan fingerprint density at radius 2 is 1.67 bits per heavy atom. The second-order valence-electron chi connectivity index (χ2n) is 9.64. The van der Waals surface area contributed by atoms with E-state index in [1.165, 1.54) is 0 Å². The van der Waals surface area contributed by atoms with Crippen LogP contribution in [0.15, 0.2) is 60.7 Å². The van der Waals surface area contributed by atoms with Gasteiger partial charge in [-0.2, -0.15) is 0 Å². The first-order valence-electron chi connectivity index (χ1n) is 12.8. The number of carbonyl (C=O) groups is 1. The van der Waals surface area contributed by atoms with Gasteiger partial charge in [-0.15, -0.1) is 0 Å². The largest absolute Gasteiger partial charge is 0.481 e.